The van der Waals surface area contributed by atoms with Crippen LogP contribution in [0.3, 0.4) is 0 Å². The minimum atomic E-state index is -0.223. The molecule has 1 aromatic carbocycles. The Bertz CT molecular complexity index is 668. The maximum Gasteiger partial charge on any atom is 0.339 e. The number of aryl methyl sites for hydroxylation is 1. The van der Waals surface area contributed by atoms with Crippen LogP contribution in [-0.4, -0.2) is 6.61 Å². The summed E-state index contributed by atoms with van der Waals surface area (Å²) in [6, 6.07) is 5.75. The second-order valence-corrected chi connectivity index (χ2v) is 5.95. The van der Waals surface area contributed by atoms with E-state index in [0.29, 0.717) is 18.1 Å². The zero-order valence-corrected chi connectivity index (χ0v) is 13.4. The summed E-state index contributed by atoms with van der Waals surface area (Å²) in [6.07, 6.45) is 2.87. The predicted molar refractivity (Wildman–Crippen MR) is 86.2 cm³/mol. The van der Waals surface area contributed by atoms with Crippen LogP contribution in [0.1, 0.15) is 44.7 Å². The van der Waals surface area contributed by atoms with Crippen LogP contribution in [0.25, 0.3) is 11.0 Å². The van der Waals surface area contributed by atoms with Crippen molar-refractivity contribution in [2.24, 2.45) is 5.92 Å². The number of benzene rings is 1. The van der Waals surface area contributed by atoms with Crippen LogP contribution in [0.2, 0.25) is 0 Å². The summed E-state index contributed by atoms with van der Waals surface area (Å²) >= 11 is 0. The van der Waals surface area contributed by atoms with Gasteiger partial charge in [-0.1, -0.05) is 27.2 Å². The van der Waals surface area contributed by atoms with Crippen LogP contribution in [0.4, 0.5) is 0 Å². The van der Waals surface area contributed by atoms with Gasteiger partial charge in [0.15, 0.2) is 0 Å². The molecule has 114 valence electrons. The van der Waals surface area contributed by atoms with Gasteiger partial charge in [0.05, 0.1) is 6.61 Å². The van der Waals surface area contributed by atoms with E-state index < -0.39 is 0 Å². The van der Waals surface area contributed by atoms with Gasteiger partial charge in [-0.3, -0.25) is 0 Å². The summed E-state index contributed by atoms with van der Waals surface area (Å²) in [5.41, 5.74) is 2.20. The molecule has 0 unspecified atom stereocenters. The number of rotatable bonds is 6. The SMILES string of the molecule is CCCCOc1ccc2c(C)c(CC(C)C)c(=O)oc2c1. The van der Waals surface area contributed by atoms with Gasteiger partial charge in [-0.2, -0.15) is 0 Å². The first-order valence-corrected chi connectivity index (χ1v) is 7.72. The average molecular weight is 288 g/mol. The number of unbranched alkanes of at least 4 members (excludes halogenated alkanes) is 1. The molecule has 3 heteroatoms. The van der Waals surface area contributed by atoms with Crippen molar-refractivity contribution in [3.63, 3.8) is 0 Å². The Morgan fingerprint density at radius 1 is 1.29 bits per heavy atom. The summed E-state index contributed by atoms with van der Waals surface area (Å²) in [6.45, 7) is 9.02. The monoisotopic (exact) mass is 288 g/mol. The molecule has 21 heavy (non-hydrogen) atoms. The Balaban J connectivity index is 2.39. The van der Waals surface area contributed by atoms with Crippen LogP contribution in [0, 0.1) is 12.8 Å². The molecular formula is C18H24O3. The largest absolute Gasteiger partial charge is 0.493 e. The van der Waals surface area contributed by atoms with Crippen LogP contribution in [0.5, 0.6) is 5.75 Å². The van der Waals surface area contributed by atoms with Gasteiger partial charge >= 0.3 is 5.63 Å². The molecule has 0 bridgehead atoms. The molecule has 0 N–H and O–H groups in total. The molecule has 0 radical (unpaired) electrons. The second-order valence-electron chi connectivity index (χ2n) is 5.95. The van der Waals surface area contributed by atoms with Gasteiger partial charge in [0.1, 0.15) is 11.3 Å². The summed E-state index contributed by atoms with van der Waals surface area (Å²) in [4.78, 5) is 12.2. The number of hydrogen-bond acceptors (Lipinski definition) is 3. The van der Waals surface area contributed by atoms with E-state index in [9.17, 15) is 4.79 Å². The highest BCUT2D eigenvalue weighted by Gasteiger charge is 2.13. The van der Waals surface area contributed by atoms with Gasteiger partial charge < -0.3 is 9.15 Å². The van der Waals surface area contributed by atoms with Gasteiger partial charge in [-0.25, -0.2) is 4.79 Å². The van der Waals surface area contributed by atoms with Crippen molar-refractivity contribution in [1.29, 1.82) is 0 Å². The molecule has 0 saturated heterocycles. The number of ether oxygens (including phenoxy) is 1. The van der Waals surface area contributed by atoms with E-state index in [4.69, 9.17) is 9.15 Å². The third-order valence-electron chi connectivity index (χ3n) is 3.64. The number of fused-ring (bicyclic) bond motifs is 1. The molecule has 3 nitrogen and oxygen atoms in total. The van der Waals surface area contributed by atoms with Crippen LogP contribution < -0.4 is 10.4 Å². The molecule has 0 fully saturated rings. The lowest BCUT2D eigenvalue weighted by Gasteiger charge is -2.11. The molecule has 2 rings (SSSR count). The quantitative estimate of drug-likeness (QED) is 0.581. The van der Waals surface area contributed by atoms with Crippen molar-refractivity contribution in [3.05, 3.63) is 39.7 Å². The van der Waals surface area contributed by atoms with E-state index in [-0.39, 0.29) is 5.63 Å². The summed E-state index contributed by atoms with van der Waals surface area (Å²) in [5, 5.41) is 0.994. The minimum absolute atomic E-state index is 0.223. The van der Waals surface area contributed by atoms with Crippen molar-refractivity contribution in [2.45, 2.75) is 47.0 Å². The lowest BCUT2D eigenvalue weighted by Crippen LogP contribution is -2.12. The molecule has 1 heterocycles. The average Bonchev–Trinajstić information content (AvgIpc) is 2.43. The lowest BCUT2D eigenvalue weighted by molar-refractivity contribution is 0.309. The van der Waals surface area contributed by atoms with Gasteiger partial charge in [0.25, 0.3) is 0 Å². The van der Waals surface area contributed by atoms with Gasteiger partial charge in [-0.05, 0) is 43.4 Å². The normalized spacial score (nSPS) is 11.3. The van der Waals surface area contributed by atoms with Gasteiger partial charge in [0.2, 0.25) is 0 Å². The Hall–Kier alpha value is -1.77. The molecule has 1 aromatic heterocycles. The molecule has 0 spiro atoms. The Morgan fingerprint density at radius 3 is 2.71 bits per heavy atom. The number of hydrogen-bond donors (Lipinski definition) is 0. The van der Waals surface area contributed by atoms with Crippen LogP contribution >= 0.6 is 0 Å². The molecule has 0 aliphatic carbocycles. The highest BCUT2D eigenvalue weighted by atomic mass is 16.5. The highest BCUT2D eigenvalue weighted by Crippen LogP contribution is 2.25. The summed E-state index contributed by atoms with van der Waals surface area (Å²) < 4.78 is 11.2. The first-order valence-electron chi connectivity index (χ1n) is 7.72. The third-order valence-corrected chi connectivity index (χ3v) is 3.64. The zero-order chi connectivity index (χ0) is 15.4. The Morgan fingerprint density at radius 2 is 2.05 bits per heavy atom. The van der Waals surface area contributed by atoms with E-state index in [1.807, 2.05) is 25.1 Å². The summed E-state index contributed by atoms with van der Waals surface area (Å²) in [5.74, 6) is 1.19. The van der Waals surface area contributed by atoms with E-state index in [2.05, 4.69) is 20.8 Å². The van der Waals surface area contributed by atoms with Crippen molar-refractivity contribution in [2.75, 3.05) is 6.61 Å². The molecule has 0 amide bonds. The topological polar surface area (TPSA) is 39.4 Å². The third kappa shape index (κ3) is 3.66. The first-order chi connectivity index (χ1) is 10.0. The molecule has 0 atom stereocenters. The van der Waals surface area contributed by atoms with Crippen molar-refractivity contribution in [1.82, 2.24) is 0 Å². The summed E-state index contributed by atoms with van der Waals surface area (Å²) in [7, 11) is 0. The molecular weight excluding hydrogens is 264 g/mol. The Kier molecular flexibility index (Phi) is 5.05. The fourth-order valence-corrected chi connectivity index (χ4v) is 2.44. The fraction of sp³-hybridized carbons (Fsp3) is 0.500. The smallest absolute Gasteiger partial charge is 0.339 e. The van der Waals surface area contributed by atoms with E-state index in [1.165, 1.54) is 0 Å². The fourth-order valence-electron chi connectivity index (χ4n) is 2.44. The maximum absolute atomic E-state index is 12.2. The molecule has 2 aromatic rings. The van der Waals surface area contributed by atoms with Gasteiger partial charge in [-0.15, -0.1) is 0 Å². The van der Waals surface area contributed by atoms with E-state index >= 15 is 0 Å². The van der Waals surface area contributed by atoms with Crippen molar-refractivity contribution >= 4 is 11.0 Å². The maximum atomic E-state index is 12.2. The van der Waals surface area contributed by atoms with Crippen LogP contribution in [0.15, 0.2) is 27.4 Å². The minimum Gasteiger partial charge on any atom is -0.493 e. The molecule has 0 aliphatic heterocycles. The predicted octanol–water partition coefficient (Wildman–Crippen LogP) is 4.48. The highest BCUT2D eigenvalue weighted by molar-refractivity contribution is 5.82. The van der Waals surface area contributed by atoms with Crippen molar-refractivity contribution < 1.29 is 9.15 Å². The molecule has 0 aliphatic rings. The molecule has 0 saturated carbocycles. The zero-order valence-electron chi connectivity index (χ0n) is 13.4. The standard InChI is InChI=1S/C18H24O3/c1-5-6-9-20-14-7-8-15-13(4)16(10-12(2)3)18(19)21-17(15)11-14/h7-8,11-12H,5-6,9-10H2,1-4H3. The van der Waals surface area contributed by atoms with Crippen molar-refractivity contribution in [3.8, 4) is 5.75 Å². The Labute approximate surface area is 125 Å². The van der Waals surface area contributed by atoms with Gasteiger partial charge in [0, 0.05) is 17.0 Å². The second kappa shape index (κ2) is 6.79. The van der Waals surface area contributed by atoms with E-state index in [1.54, 1.807) is 0 Å². The lowest BCUT2D eigenvalue weighted by atomic mass is 9.98. The first kappa shape index (κ1) is 15.6. The van der Waals surface area contributed by atoms with E-state index in [0.717, 1.165) is 41.5 Å². The van der Waals surface area contributed by atoms with Crippen LogP contribution in [-0.2, 0) is 6.42 Å².